The number of carbonyl (C=O) groups excluding carboxylic acids is 1. The Balaban J connectivity index is 1.45. The van der Waals surface area contributed by atoms with E-state index in [2.05, 4.69) is 10.3 Å². The van der Waals surface area contributed by atoms with E-state index in [9.17, 15) is 18.0 Å². The largest absolute Gasteiger partial charge is 0.310 e. The number of piperidine rings is 1. The van der Waals surface area contributed by atoms with Crippen molar-refractivity contribution < 1.29 is 13.2 Å². The molecule has 0 radical (unpaired) electrons. The predicted molar refractivity (Wildman–Crippen MR) is 125 cm³/mol. The Morgan fingerprint density at radius 1 is 1.22 bits per heavy atom. The molecule has 0 atom stereocenters. The SMILES string of the molecule is CCCn1c(=O)sc2cc(S(=O)(=O)N3CCC(C(=O)Nc4cccc(C)n4)CC3)ccc21. The van der Waals surface area contributed by atoms with Crippen LogP contribution >= 0.6 is 11.3 Å². The number of benzene rings is 1. The lowest BCUT2D eigenvalue weighted by Gasteiger charge is -2.30. The van der Waals surface area contributed by atoms with Crippen molar-refractivity contribution in [1.29, 1.82) is 0 Å². The van der Waals surface area contributed by atoms with Crippen molar-refractivity contribution in [1.82, 2.24) is 13.9 Å². The van der Waals surface area contributed by atoms with Gasteiger partial charge in [0.05, 0.1) is 15.1 Å². The second-order valence-corrected chi connectivity index (χ2v) is 10.9. The zero-order chi connectivity index (χ0) is 22.9. The molecule has 3 heterocycles. The Labute approximate surface area is 190 Å². The first kappa shape index (κ1) is 22.6. The van der Waals surface area contributed by atoms with Gasteiger partial charge in [0.2, 0.25) is 15.9 Å². The molecule has 1 amide bonds. The van der Waals surface area contributed by atoms with Crippen LogP contribution in [0.15, 0.2) is 46.1 Å². The fraction of sp³-hybridized carbons (Fsp3) is 0.409. The zero-order valence-corrected chi connectivity index (χ0v) is 19.7. The molecule has 1 aliphatic rings. The van der Waals surface area contributed by atoms with Crippen LogP contribution in [0.3, 0.4) is 0 Å². The molecular formula is C22H26N4O4S2. The van der Waals surface area contributed by atoms with Gasteiger partial charge in [-0.15, -0.1) is 0 Å². The number of carbonyl (C=O) groups is 1. The summed E-state index contributed by atoms with van der Waals surface area (Å²) < 4.78 is 30.2. The van der Waals surface area contributed by atoms with Gasteiger partial charge in [0.25, 0.3) is 0 Å². The molecule has 0 unspecified atom stereocenters. The minimum absolute atomic E-state index is 0.0775. The molecule has 8 nitrogen and oxygen atoms in total. The molecule has 170 valence electrons. The van der Waals surface area contributed by atoms with Crippen molar-refractivity contribution in [2.45, 2.75) is 44.6 Å². The first-order valence-corrected chi connectivity index (χ1v) is 12.9. The molecule has 1 fully saturated rings. The average Bonchev–Trinajstić information content (AvgIpc) is 3.08. The number of sulfonamides is 1. The third-order valence-corrected chi connectivity index (χ3v) is 8.53. The van der Waals surface area contributed by atoms with E-state index in [4.69, 9.17) is 0 Å². The molecular weight excluding hydrogens is 448 g/mol. The van der Waals surface area contributed by atoms with E-state index in [-0.39, 0.29) is 34.7 Å². The van der Waals surface area contributed by atoms with Crippen LogP contribution in [0.5, 0.6) is 0 Å². The minimum Gasteiger partial charge on any atom is -0.310 e. The maximum Gasteiger partial charge on any atom is 0.308 e. The van der Waals surface area contributed by atoms with Gasteiger partial charge in [0.1, 0.15) is 5.82 Å². The number of fused-ring (bicyclic) bond motifs is 1. The van der Waals surface area contributed by atoms with Crippen LogP contribution < -0.4 is 10.2 Å². The normalized spacial score (nSPS) is 15.8. The van der Waals surface area contributed by atoms with Crippen molar-refractivity contribution >= 4 is 43.3 Å². The highest BCUT2D eigenvalue weighted by molar-refractivity contribution is 7.89. The monoisotopic (exact) mass is 474 g/mol. The van der Waals surface area contributed by atoms with Crippen LogP contribution in [-0.4, -0.2) is 41.3 Å². The number of thiazole rings is 1. The number of aromatic nitrogens is 2. The van der Waals surface area contributed by atoms with Gasteiger partial charge in [0.15, 0.2) is 0 Å². The van der Waals surface area contributed by atoms with Crippen LogP contribution in [0, 0.1) is 12.8 Å². The summed E-state index contributed by atoms with van der Waals surface area (Å²) >= 11 is 1.07. The van der Waals surface area contributed by atoms with Crippen molar-refractivity contribution in [2.75, 3.05) is 18.4 Å². The van der Waals surface area contributed by atoms with Crippen LogP contribution in [0.1, 0.15) is 31.9 Å². The summed E-state index contributed by atoms with van der Waals surface area (Å²) in [4.78, 5) is 29.2. The number of rotatable bonds is 6. The third-order valence-electron chi connectivity index (χ3n) is 5.69. The number of amides is 1. The number of anilines is 1. The Kier molecular flexibility index (Phi) is 6.45. The zero-order valence-electron chi connectivity index (χ0n) is 18.1. The molecule has 1 aliphatic heterocycles. The van der Waals surface area contributed by atoms with Gasteiger partial charge < -0.3 is 5.32 Å². The fourth-order valence-corrected chi connectivity index (χ4v) is 6.52. The molecule has 3 aromatic rings. The summed E-state index contributed by atoms with van der Waals surface area (Å²) in [6, 6.07) is 10.3. The van der Waals surface area contributed by atoms with E-state index in [1.54, 1.807) is 28.8 Å². The molecule has 0 bridgehead atoms. The Morgan fingerprint density at radius 2 is 1.97 bits per heavy atom. The first-order valence-electron chi connectivity index (χ1n) is 10.7. The number of hydrogen-bond donors (Lipinski definition) is 1. The third kappa shape index (κ3) is 4.48. The summed E-state index contributed by atoms with van der Waals surface area (Å²) in [6.07, 6.45) is 1.72. The standard InChI is InChI=1S/C22H26N4O4S2/c1-3-11-26-18-8-7-17(14-19(18)31-22(26)28)32(29,30)25-12-9-16(10-13-25)21(27)24-20-6-4-5-15(2)23-20/h4-8,14,16H,3,9-13H2,1-2H3,(H,23,24,27). The Hall–Kier alpha value is -2.56. The number of aryl methyl sites for hydroxylation is 2. The maximum atomic E-state index is 13.2. The predicted octanol–water partition coefficient (Wildman–Crippen LogP) is 3.22. The van der Waals surface area contributed by atoms with E-state index in [1.807, 2.05) is 26.0 Å². The molecule has 1 saturated heterocycles. The maximum absolute atomic E-state index is 13.2. The van der Waals surface area contributed by atoms with E-state index in [0.29, 0.717) is 29.9 Å². The van der Waals surface area contributed by atoms with E-state index >= 15 is 0 Å². The summed E-state index contributed by atoms with van der Waals surface area (Å²) in [6.45, 7) is 5.00. The van der Waals surface area contributed by atoms with E-state index in [1.165, 1.54) is 4.31 Å². The van der Waals surface area contributed by atoms with Gasteiger partial charge in [-0.1, -0.05) is 24.3 Å². The number of nitrogens with zero attached hydrogens (tertiary/aromatic N) is 3. The van der Waals surface area contributed by atoms with Gasteiger partial charge in [-0.05, 0) is 56.5 Å². The quantitative estimate of drug-likeness (QED) is 0.591. The summed E-state index contributed by atoms with van der Waals surface area (Å²) in [7, 11) is -3.70. The molecule has 10 heteroatoms. The molecule has 1 aromatic carbocycles. The summed E-state index contributed by atoms with van der Waals surface area (Å²) in [5.74, 6) is 0.107. The van der Waals surface area contributed by atoms with Crippen LogP contribution in [-0.2, 0) is 21.4 Å². The number of nitrogens with one attached hydrogen (secondary N) is 1. The molecule has 2 aromatic heterocycles. The van der Waals surface area contributed by atoms with Gasteiger partial charge in [0, 0.05) is 31.2 Å². The second-order valence-electron chi connectivity index (χ2n) is 7.98. The van der Waals surface area contributed by atoms with Crippen LogP contribution in [0.2, 0.25) is 0 Å². The second kappa shape index (κ2) is 9.13. The summed E-state index contributed by atoms with van der Waals surface area (Å²) in [5.41, 5.74) is 1.58. The number of hydrogen-bond acceptors (Lipinski definition) is 6. The smallest absolute Gasteiger partial charge is 0.308 e. The average molecular weight is 475 g/mol. The van der Waals surface area contributed by atoms with Crippen molar-refractivity contribution in [3.8, 4) is 0 Å². The van der Waals surface area contributed by atoms with E-state index < -0.39 is 10.0 Å². The highest BCUT2D eigenvalue weighted by Gasteiger charge is 2.32. The molecule has 1 N–H and O–H groups in total. The lowest BCUT2D eigenvalue weighted by atomic mass is 9.97. The van der Waals surface area contributed by atoms with Gasteiger partial charge in [-0.25, -0.2) is 13.4 Å². The topological polar surface area (TPSA) is 101 Å². The van der Waals surface area contributed by atoms with Crippen LogP contribution in [0.25, 0.3) is 10.2 Å². The van der Waals surface area contributed by atoms with Crippen molar-refractivity contribution in [2.24, 2.45) is 5.92 Å². The van der Waals surface area contributed by atoms with Crippen molar-refractivity contribution in [3.63, 3.8) is 0 Å². The fourth-order valence-electron chi connectivity index (χ4n) is 3.99. The molecule has 4 rings (SSSR count). The van der Waals surface area contributed by atoms with Gasteiger partial charge in [-0.2, -0.15) is 4.31 Å². The lowest BCUT2D eigenvalue weighted by Crippen LogP contribution is -2.41. The first-order chi connectivity index (χ1) is 15.3. The van der Waals surface area contributed by atoms with Crippen molar-refractivity contribution in [3.05, 3.63) is 51.8 Å². The van der Waals surface area contributed by atoms with E-state index in [0.717, 1.165) is 29.0 Å². The summed E-state index contributed by atoms with van der Waals surface area (Å²) in [5, 5.41) is 2.83. The number of pyridine rings is 1. The van der Waals surface area contributed by atoms with Gasteiger partial charge >= 0.3 is 4.87 Å². The highest BCUT2D eigenvalue weighted by atomic mass is 32.2. The Morgan fingerprint density at radius 3 is 2.66 bits per heavy atom. The molecule has 0 saturated carbocycles. The minimum atomic E-state index is -3.70. The molecule has 0 spiro atoms. The Bertz CT molecular complexity index is 1300. The molecule has 32 heavy (non-hydrogen) atoms. The molecule has 0 aliphatic carbocycles. The van der Waals surface area contributed by atoms with Gasteiger partial charge in [-0.3, -0.25) is 14.2 Å². The van der Waals surface area contributed by atoms with Crippen LogP contribution in [0.4, 0.5) is 5.82 Å². The highest BCUT2D eigenvalue weighted by Crippen LogP contribution is 2.28. The lowest BCUT2D eigenvalue weighted by molar-refractivity contribution is -0.120.